The van der Waals surface area contributed by atoms with Gasteiger partial charge in [0, 0.05) is 30.6 Å². The second-order valence-corrected chi connectivity index (χ2v) is 6.28. The lowest BCUT2D eigenvalue weighted by molar-refractivity contribution is 0.322. The lowest BCUT2D eigenvalue weighted by Crippen LogP contribution is -2.39. The van der Waals surface area contributed by atoms with E-state index in [0.717, 1.165) is 36.2 Å². The van der Waals surface area contributed by atoms with E-state index in [0.29, 0.717) is 13.2 Å². The molecule has 6 heteroatoms. The third kappa shape index (κ3) is 6.69. The molecule has 0 atom stereocenters. The van der Waals surface area contributed by atoms with Gasteiger partial charge in [0.05, 0.1) is 11.6 Å². The molecule has 2 N–H and O–H groups in total. The molecule has 1 aromatic heterocycles. The molecule has 1 aromatic carbocycles. The van der Waals surface area contributed by atoms with E-state index in [1.54, 1.807) is 11.3 Å². The molecule has 5 nitrogen and oxygen atoms in total. The summed E-state index contributed by atoms with van der Waals surface area (Å²) in [6.45, 7) is 6.99. The summed E-state index contributed by atoms with van der Waals surface area (Å²) < 4.78 is 5.66. The first-order valence-corrected chi connectivity index (χ1v) is 8.71. The van der Waals surface area contributed by atoms with Crippen molar-refractivity contribution in [3.8, 4) is 5.75 Å². The van der Waals surface area contributed by atoms with Crippen LogP contribution in [0.3, 0.4) is 0 Å². The number of benzene rings is 1. The van der Waals surface area contributed by atoms with Gasteiger partial charge in [0.1, 0.15) is 12.4 Å². The Morgan fingerprint density at radius 2 is 2.09 bits per heavy atom. The van der Waals surface area contributed by atoms with E-state index >= 15 is 0 Å². The molecule has 0 aliphatic heterocycles. The number of thiazole rings is 1. The van der Waals surface area contributed by atoms with E-state index < -0.39 is 0 Å². The Labute approximate surface area is 141 Å². The molecule has 0 saturated carbocycles. The molecule has 0 bridgehead atoms. The number of nitrogens with zero attached hydrogens (tertiary/aromatic N) is 2. The lowest BCUT2D eigenvalue weighted by Gasteiger charge is -2.12. The van der Waals surface area contributed by atoms with Crippen LogP contribution in [0.15, 0.2) is 41.5 Å². The predicted molar refractivity (Wildman–Crippen MR) is 96.5 cm³/mol. The molecule has 0 aliphatic carbocycles. The summed E-state index contributed by atoms with van der Waals surface area (Å²) in [7, 11) is 0. The summed E-state index contributed by atoms with van der Waals surface area (Å²) in [5, 5.41) is 7.65. The van der Waals surface area contributed by atoms with E-state index in [2.05, 4.69) is 34.5 Å². The minimum absolute atomic E-state index is 0.597. The average molecular weight is 332 g/mol. The number of aliphatic imine (C=N–C) groups is 1. The minimum Gasteiger partial charge on any atom is -0.492 e. The van der Waals surface area contributed by atoms with Gasteiger partial charge in [-0.15, -0.1) is 11.3 Å². The zero-order valence-corrected chi connectivity index (χ0v) is 14.5. The normalized spacial score (nSPS) is 11.3. The predicted octanol–water partition coefficient (Wildman–Crippen LogP) is 2.63. The molecule has 0 amide bonds. The van der Waals surface area contributed by atoms with Crippen LogP contribution in [0.5, 0.6) is 5.75 Å². The summed E-state index contributed by atoms with van der Waals surface area (Å²) in [4.78, 5) is 10.2. The molecule has 2 aromatic rings. The Balaban J connectivity index is 1.70. The minimum atomic E-state index is 0.597. The fraction of sp³-hybridized carbons (Fsp3) is 0.412. The van der Waals surface area contributed by atoms with E-state index in [-0.39, 0.29) is 0 Å². The fourth-order valence-corrected chi connectivity index (χ4v) is 2.75. The molecule has 0 unspecified atom stereocenters. The molecule has 0 radical (unpaired) electrons. The molecule has 0 spiro atoms. The van der Waals surface area contributed by atoms with Crippen LogP contribution in [0.25, 0.3) is 0 Å². The van der Waals surface area contributed by atoms with Crippen molar-refractivity contribution in [2.45, 2.75) is 20.3 Å². The summed E-state index contributed by atoms with van der Waals surface area (Å²) >= 11 is 1.73. The van der Waals surface area contributed by atoms with Crippen LogP contribution in [0.1, 0.15) is 16.8 Å². The summed E-state index contributed by atoms with van der Waals surface area (Å²) in [5.41, 5.74) is 0. The van der Waals surface area contributed by atoms with E-state index in [1.165, 1.54) is 4.88 Å². The van der Waals surface area contributed by atoms with Gasteiger partial charge in [0.2, 0.25) is 0 Å². The highest BCUT2D eigenvalue weighted by Crippen LogP contribution is 2.11. The third-order valence-corrected chi connectivity index (χ3v) is 3.99. The SMILES string of the molecule is CCNC(=NCCc1ncc(C)s1)NCCOc1ccccc1. The van der Waals surface area contributed by atoms with Crippen LogP contribution in [0.2, 0.25) is 0 Å². The second-order valence-electron chi connectivity index (χ2n) is 4.96. The first-order chi connectivity index (χ1) is 11.3. The van der Waals surface area contributed by atoms with Crippen molar-refractivity contribution in [3.05, 3.63) is 46.4 Å². The summed E-state index contributed by atoms with van der Waals surface area (Å²) in [6, 6.07) is 9.82. The molecular weight excluding hydrogens is 308 g/mol. The largest absolute Gasteiger partial charge is 0.492 e. The zero-order valence-electron chi connectivity index (χ0n) is 13.7. The highest BCUT2D eigenvalue weighted by atomic mass is 32.1. The maximum Gasteiger partial charge on any atom is 0.191 e. The Morgan fingerprint density at radius 3 is 2.78 bits per heavy atom. The number of nitrogens with one attached hydrogen (secondary N) is 2. The van der Waals surface area contributed by atoms with Crippen molar-refractivity contribution in [3.63, 3.8) is 0 Å². The number of hydrogen-bond donors (Lipinski definition) is 2. The van der Waals surface area contributed by atoms with Gasteiger partial charge < -0.3 is 15.4 Å². The Kier molecular flexibility index (Phi) is 7.39. The van der Waals surface area contributed by atoms with Gasteiger partial charge >= 0.3 is 0 Å². The summed E-state index contributed by atoms with van der Waals surface area (Å²) in [5.74, 6) is 1.70. The van der Waals surface area contributed by atoms with Crippen LogP contribution in [0, 0.1) is 6.92 Å². The standard InChI is InChI=1S/C17H24N4OS/c1-3-18-17(19-10-9-16-21-13-14(2)23-16)20-11-12-22-15-7-5-4-6-8-15/h4-8,13H,3,9-12H2,1-2H3,(H2,18,19,20). The maximum atomic E-state index is 5.66. The van der Waals surface area contributed by atoms with E-state index in [1.807, 2.05) is 36.5 Å². The van der Waals surface area contributed by atoms with Gasteiger partial charge in [-0.3, -0.25) is 4.99 Å². The van der Waals surface area contributed by atoms with Crippen LogP contribution in [-0.4, -0.2) is 37.2 Å². The Bertz CT molecular complexity index is 598. The monoisotopic (exact) mass is 332 g/mol. The van der Waals surface area contributed by atoms with Gasteiger partial charge in [0.15, 0.2) is 5.96 Å². The zero-order chi connectivity index (χ0) is 16.3. The highest BCUT2D eigenvalue weighted by molar-refractivity contribution is 7.11. The number of aromatic nitrogens is 1. The molecule has 0 aliphatic rings. The van der Waals surface area contributed by atoms with Gasteiger partial charge in [-0.1, -0.05) is 18.2 Å². The molecule has 0 fully saturated rings. The highest BCUT2D eigenvalue weighted by Gasteiger charge is 2.00. The molecule has 124 valence electrons. The van der Waals surface area contributed by atoms with Crippen molar-refractivity contribution in [2.24, 2.45) is 4.99 Å². The van der Waals surface area contributed by atoms with Crippen LogP contribution < -0.4 is 15.4 Å². The second kappa shape index (κ2) is 9.84. The number of rotatable bonds is 8. The van der Waals surface area contributed by atoms with Gasteiger partial charge in [0.25, 0.3) is 0 Å². The van der Waals surface area contributed by atoms with Crippen molar-refractivity contribution in [2.75, 3.05) is 26.2 Å². The number of para-hydroxylation sites is 1. The quantitative estimate of drug-likeness (QED) is 0.443. The molecule has 23 heavy (non-hydrogen) atoms. The maximum absolute atomic E-state index is 5.66. The van der Waals surface area contributed by atoms with Gasteiger partial charge in [-0.05, 0) is 26.0 Å². The number of ether oxygens (including phenoxy) is 1. The van der Waals surface area contributed by atoms with Gasteiger partial charge in [-0.2, -0.15) is 0 Å². The summed E-state index contributed by atoms with van der Waals surface area (Å²) in [6.07, 6.45) is 2.78. The first-order valence-electron chi connectivity index (χ1n) is 7.89. The topological polar surface area (TPSA) is 58.5 Å². The van der Waals surface area contributed by atoms with Crippen LogP contribution >= 0.6 is 11.3 Å². The number of aryl methyl sites for hydroxylation is 1. The van der Waals surface area contributed by atoms with Gasteiger partial charge in [-0.25, -0.2) is 4.98 Å². The first kappa shape index (κ1) is 17.3. The van der Waals surface area contributed by atoms with Crippen LogP contribution in [-0.2, 0) is 6.42 Å². The number of guanidine groups is 1. The molecular formula is C17H24N4OS. The number of hydrogen-bond acceptors (Lipinski definition) is 4. The van der Waals surface area contributed by atoms with Crippen molar-refractivity contribution in [1.29, 1.82) is 0 Å². The lowest BCUT2D eigenvalue weighted by atomic mass is 10.3. The average Bonchev–Trinajstić information content (AvgIpc) is 2.98. The van der Waals surface area contributed by atoms with Crippen molar-refractivity contribution >= 4 is 17.3 Å². The Morgan fingerprint density at radius 1 is 1.26 bits per heavy atom. The van der Waals surface area contributed by atoms with Crippen LogP contribution in [0.4, 0.5) is 0 Å². The third-order valence-electron chi connectivity index (χ3n) is 3.02. The Hall–Kier alpha value is -2.08. The van der Waals surface area contributed by atoms with Crippen molar-refractivity contribution < 1.29 is 4.74 Å². The fourth-order valence-electron chi connectivity index (χ4n) is 1.98. The van der Waals surface area contributed by atoms with E-state index in [9.17, 15) is 0 Å². The van der Waals surface area contributed by atoms with E-state index in [4.69, 9.17) is 4.74 Å². The smallest absolute Gasteiger partial charge is 0.191 e. The molecule has 0 saturated heterocycles. The molecule has 2 rings (SSSR count). The van der Waals surface area contributed by atoms with Crippen molar-refractivity contribution in [1.82, 2.24) is 15.6 Å². The molecule has 1 heterocycles.